The van der Waals surface area contributed by atoms with Gasteiger partial charge in [-0.3, -0.25) is 4.79 Å². The fraction of sp³-hybridized carbons (Fsp3) is 0.786. The van der Waals surface area contributed by atoms with Gasteiger partial charge in [-0.05, 0) is 52.0 Å². The summed E-state index contributed by atoms with van der Waals surface area (Å²) in [6, 6.07) is 0.833. The Labute approximate surface area is 105 Å². The van der Waals surface area contributed by atoms with Crippen LogP contribution in [-0.2, 0) is 4.79 Å². The zero-order chi connectivity index (χ0) is 13.0. The van der Waals surface area contributed by atoms with E-state index in [0.29, 0.717) is 17.5 Å². The average molecular weight is 238 g/mol. The summed E-state index contributed by atoms with van der Waals surface area (Å²) in [5.41, 5.74) is 0.585. The highest BCUT2D eigenvalue weighted by Crippen LogP contribution is 2.33. The van der Waals surface area contributed by atoms with Crippen LogP contribution in [0.2, 0.25) is 0 Å². The normalized spacial score (nSPS) is 30.0. The van der Waals surface area contributed by atoms with E-state index in [1.54, 1.807) is 6.92 Å². The number of carbonyl (C=O) groups is 1. The molecule has 0 radical (unpaired) electrons. The van der Waals surface area contributed by atoms with Gasteiger partial charge in [-0.2, -0.15) is 0 Å². The molecule has 4 atom stereocenters. The lowest BCUT2D eigenvalue weighted by Crippen LogP contribution is -2.37. The Morgan fingerprint density at radius 1 is 1.47 bits per heavy atom. The van der Waals surface area contributed by atoms with Crippen molar-refractivity contribution in [1.29, 1.82) is 0 Å². The van der Waals surface area contributed by atoms with Crippen molar-refractivity contribution in [2.45, 2.75) is 52.1 Å². The van der Waals surface area contributed by atoms with Gasteiger partial charge in [0.25, 0.3) is 0 Å². The summed E-state index contributed by atoms with van der Waals surface area (Å²) in [5.74, 6) is 1.45. The highest BCUT2D eigenvalue weighted by atomic mass is 16.1. The molecule has 4 unspecified atom stereocenters. The summed E-state index contributed by atoms with van der Waals surface area (Å²) < 4.78 is 0. The van der Waals surface area contributed by atoms with E-state index in [1.807, 2.05) is 7.05 Å². The zero-order valence-corrected chi connectivity index (χ0v) is 11.5. The van der Waals surface area contributed by atoms with E-state index in [0.717, 1.165) is 12.3 Å². The van der Waals surface area contributed by atoms with Gasteiger partial charge in [0.15, 0.2) is 0 Å². The highest BCUT2D eigenvalue weighted by Gasteiger charge is 2.31. The Balaban J connectivity index is 2.42. The molecule has 0 bridgehead atoms. The molecule has 3 nitrogen and oxygen atoms in total. The Morgan fingerprint density at radius 3 is 2.65 bits per heavy atom. The van der Waals surface area contributed by atoms with Crippen molar-refractivity contribution < 1.29 is 4.79 Å². The lowest BCUT2D eigenvalue weighted by molar-refractivity contribution is -0.118. The number of carbonyl (C=O) groups excluding carboxylic acids is 1. The van der Waals surface area contributed by atoms with Gasteiger partial charge >= 0.3 is 0 Å². The first-order valence-electron chi connectivity index (χ1n) is 6.57. The van der Waals surface area contributed by atoms with Gasteiger partial charge < -0.3 is 10.6 Å². The molecule has 2 N–H and O–H groups in total. The van der Waals surface area contributed by atoms with Crippen LogP contribution in [0.15, 0.2) is 12.2 Å². The molecule has 1 saturated carbocycles. The monoisotopic (exact) mass is 238 g/mol. The number of hydrogen-bond acceptors (Lipinski definition) is 2. The van der Waals surface area contributed by atoms with Crippen LogP contribution in [0.1, 0.15) is 40.0 Å². The first-order valence-corrected chi connectivity index (χ1v) is 6.57. The van der Waals surface area contributed by atoms with E-state index in [9.17, 15) is 4.79 Å². The quantitative estimate of drug-likeness (QED) is 0.720. The van der Waals surface area contributed by atoms with Crippen molar-refractivity contribution in [3.05, 3.63) is 12.2 Å². The lowest BCUT2D eigenvalue weighted by Gasteiger charge is -2.23. The van der Waals surface area contributed by atoms with Crippen molar-refractivity contribution in [3.63, 3.8) is 0 Å². The molecule has 17 heavy (non-hydrogen) atoms. The van der Waals surface area contributed by atoms with E-state index < -0.39 is 0 Å². The van der Waals surface area contributed by atoms with Gasteiger partial charge in [-0.1, -0.05) is 13.5 Å². The SMILES string of the molecule is C=C(C)C(=O)NC(C)CC1CC(C)CC1NC. The molecule has 1 amide bonds. The van der Waals surface area contributed by atoms with Crippen LogP contribution in [0.5, 0.6) is 0 Å². The van der Waals surface area contributed by atoms with E-state index in [4.69, 9.17) is 0 Å². The summed E-state index contributed by atoms with van der Waals surface area (Å²) >= 11 is 0. The van der Waals surface area contributed by atoms with Gasteiger partial charge in [0, 0.05) is 17.7 Å². The minimum absolute atomic E-state index is 0.0236. The van der Waals surface area contributed by atoms with Crippen LogP contribution in [-0.4, -0.2) is 25.0 Å². The molecule has 0 aromatic carbocycles. The summed E-state index contributed by atoms with van der Waals surface area (Å²) in [4.78, 5) is 11.5. The number of hydrogen-bond donors (Lipinski definition) is 2. The second-order valence-electron chi connectivity index (χ2n) is 5.62. The van der Waals surface area contributed by atoms with Gasteiger partial charge in [0.2, 0.25) is 5.91 Å². The van der Waals surface area contributed by atoms with Gasteiger partial charge in [0.1, 0.15) is 0 Å². The number of amides is 1. The largest absolute Gasteiger partial charge is 0.350 e. The third kappa shape index (κ3) is 4.15. The summed E-state index contributed by atoms with van der Waals surface area (Å²) in [6.45, 7) is 9.79. The van der Waals surface area contributed by atoms with Gasteiger partial charge in [0.05, 0.1) is 0 Å². The first kappa shape index (κ1) is 14.2. The van der Waals surface area contributed by atoms with Gasteiger partial charge in [-0.25, -0.2) is 0 Å². The standard InChI is InChI=1S/C14H26N2O/c1-9(2)14(17)16-11(4)8-12-6-10(3)7-13(12)15-5/h10-13,15H,1,6-8H2,2-5H3,(H,16,17). The van der Waals surface area contributed by atoms with Crippen molar-refractivity contribution in [3.8, 4) is 0 Å². The van der Waals surface area contributed by atoms with E-state index in [2.05, 4.69) is 31.1 Å². The Morgan fingerprint density at radius 2 is 2.12 bits per heavy atom. The molecule has 1 aliphatic carbocycles. The third-order valence-electron chi connectivity index (χ3n) is 3.72. The van der Waals surface area contributed by atoms with E-state index in [-0.39, 0.29) is 11.9 Å². The summed E-state index contributed by atoms with van der Waals surface area (Å²) in [6.07, 6.45) is 3.57. The number of nitrogens with one attached hydrogen (secondary N) is 2. The fourth-order valence-electron chi connectivity index (χ4n) is 2.88. The van der Waals surface area contributed by atoms with Crippen molar-refractivity contribution in [1.82, 2.24) is 10.6 Å². The second kappa shape index (κ2) is 6.20. The average Bonchev–Trinajstić information content (AvgIpc) is 2.58. The van der Waals surface area contributed by atoms with E-state index in [1.165, 1.54) is 12.8 Å². The van der Waals surface area contributed by atoms with Crippen LogP contribution >= 0.6 is 0 Å². The van der Waals surface area contributed by atoms with Crippen LogP contribution in [0.4, 0.5) is 0 Å². The molecule has 0 aromatic heterocycles. The minimum Gasteiger partial charge on any atom is -0.350 e. The van der Waals surface area contributed by atoms with Crippen molar-refractivity contribution >= 4 is 5.91 Å². The molecule has 3 heteroatoms. The van der Waals surface area contributed by atoms with Crippen molar-refractivity contribution in [2.75, 3.05) is 7.05 Å². The molecular weight excluding hydrogens is 212 g/mol. The van der Waals surface area contributed by atoms with E-state index >= 15 is 0 Å². The predicted molar refractivity (Wildman–Crippen MR) is 71.8 cm³/mol. The molecule has 1 fully saturated rings. The Hall–Kier alpha value is -0.830. The first-order chi connectivity index (χ1) is 7.93. The molecule has 98 valence electrons. The maximum Gasteiger partial charge on any atom is 0.246 e. The Bertz CT molecular complexity index is 288. The highest BCUT2D eigenvalue weighted by molar-refractivity contribution is 5.92. The minimum atomic E-state index is -0.0236. The third-order valence-corrected chi connectivity index (χ3v) is 3.72. The fourth-order valence-corrected chi connectivity index (χ4v) is 2.88. The van der Waals surface area contributed by atoms with Gasteiger partial charge in [-0.15, -0.1) is 0 Å². The van der Waals surface area contributed by atoms with Crippen LogP contribution < -0.4 is 10.6 Å². The van der Waals surface area contributed by atoms with Crippen LogP contribution in [0.3, 0.4) is 0 Å². The predicted octanol–water partition coefficient (Wildman–Crippen LogP) is 2.09. The zero-order valence-electron chi connectivity index (χ0n) is 11.5. The maximum absolute atomic E-state index is 11.5. The maximum atomic E-state index is 11.5. The summed E-state index contributed by atoms with van der Waals surface area (Å²) in [5, 5.41) is 6.40. The molecule has 0 spiro atoms. The molecule has 0 aliphatic heterocycles. The second-order valence-corrected chi connectivity index (χ2v) is 5.62. The van der Waals surface area contributed by atoms with Crippen LogP contribution in [0, 0.1) is 11.8 Å². The summed E-state index contributed by atoms with van der Waals surface area (Å²) in [7, 11) is 2.03. The molecule has 1 aliphatic rings. The molecular formula is C14H26N2O. The molecule has 0 saturated heterocycles. The number of rotatable bonds is 5. The van der Waals surface area contributed by atoms with Crippen LogP contribution in [0.25, 0.3) is 0 Å². The van der Waals surface area contributed by atoms with Crippen molar-refractivity contribution in [2.24, 2.45) is 11.8 Å². The topological polar surface area (TPSA) is 41.1 Å². The smallest absolute Gasteiger partial charge is 0.246 e. The molecule has 1 rings (SSSR count). The Kier molecular flexibility index (Phi) is 5.19. The lowest BCUT2D eigenvalue weighted by atomic mass is 9.95. The molecule has 0 aromatic rings. The molecule has 0 heterocycles.